The first-order valence-electron chi connectivity index (χ1n) is 7.48. The Hall–Kier alpha value is -1.33. The zero-order valence-corrected chi connectivity index (χ0v) is 14.2. The number of carbonyl (C=O) groups is 1. The average molecular weight is 327 g/mol. The predicted octanol–water partition coefficient (Wildman–Crippen LogP) is 2.74. The molecule has 0 aliphatic carbocycles. The topological polar surface area (TPSA) is 60.5 Å². The molecule has 1 aliphatic heterocycles. The van der Waals surface area contributed by atoms with Crippen molar-refractivity contribution in [3.8, 4) is 5.75 Å². The van der Waals surface area contributed by atoms with Gasteiger partial charge in [0.05, 0.1) is 6.20 Å². The van der Waals surface area contributed by atoms with Crippen molar-refractivity contribution in [3.63, 3.8) is 0 Å². The van der Waals surface area contributed by atoms with E-state index in [0.717, 1.165) is 25.1 Å². The zero-order chi connectivity index (χ0) is 16.3. The van der Waals surface area contributed by atoms with Gasteiger partial charge in [-0.1, -0.05) is 11.6 Å². The van der Waals surface area contributed by atoms with Crippen LogP contribution in [0, 0.1) is 12.8 Å². The van der Waals surface area contributed by atoms with Crippen molar-refractivity contribution in [1.82, 2.24) is 10.3 Å². The van der Waals surface area contributed by atoms with E-state index in [1.54, 1.807) is 6.07 Å². The minimum absolute atomic E-state index is 0.0887. The summed E-state index contributed by atoms with van der Waals surface area (Å²) in [6.07, 6.45) is 1.77. The van der Waals surface area contributed by atoms with Crippen LogP contribution >= 0.6 is 11.6 Å². The third-order valence-electron chi connectivity index (χ3n) is 3.42. The standard InChI is InChI=1S/C16H23ClN2O3/c1-10-7-12(9-19-14(10)17)21-13(11-5-6-18-8-11)15(20)22-16(2,3)4/h7,9,11,13,18H,5-6,8H2,1-4H3/t11-,13?/m1/s1. The lowest BCUT2D eigenvalue weighted by atomic mass is 10.0. The van der Waals surface area contributed by atoms with Gasteiger partial charge >= 0.3 is 5.97 Å². The molecule has 0 amide bonds. The number of esters is 1. The van der Waals surface area contributed by atoms with E-state index >= 15 is 0 Å². The van der Waals surface area contributed by atoms with Gasteiger partial charge in [0.1, 0.15) is 16.5 Å². The van der Waals surface area contributed by atoms with Gasteiger partial charge in [0.2, 0.25) is 0 Å². The summed E-state index contributed by atoms with van der Waals surface area (Å²) < 4.78 is 11.4. The Morgan fingerprint density at radius 2 is 2.23 bits per heavy atom. The van der Waals surface area contributed by atoms with Crippen LogP contribution in [0.15, 0.2) is 12.3 Å². The quantitative estimate of drug-likeness (QED) is 0.681. The van der Waals surface area contributed by atoms with Crippen LogP contribution in [0.2, 0.25) is 5.15 Å². The number of hydrogen-bond acceptors (Lipinski definition) is 5. The SMILES string of the molecule is Cc1cc(OC(C(=O)OC(C)(C)C)[C@@H]2CCNC2)cnc1Cl. The highest BCUT2D eigenvalue weighted by Crippen LogP contribution is 2.24. The fraction of sp³-hybridized carbons (Fsp3) is 0.625. The summed E-state index contributed by atoms with van der Waals surface area (Å²) in [4.78, 5) is 16.5. The van der Waals surface area contributed by atoms with E-state index in [1.165, 1.54) is 6.20 Å². The Bertz CT molecular complexity index is 537. The molecule has 6 heteroatoms. The smallest absolute Gasteiger partial charge is 0.348 e. The summed E-state index contributed by atoms with van der Waals surface area (Å²) in [5, 5.41) is 3.69. The van der Waals surface area contributed by atoms with Crippen LogP contribution in [-0.4, -0.2) is 35.7 Å². The molecule has 0 saturated carbocycles. The summed E-state index contributed by atoms with van der Waals surface area (Å²) in [6.45, 7) is 9.02. The van der Waals surface area contributed by atoms with Crippen molar-refractivity contribution in [1.29, 1.82) is 0 Å². The lowest BCUT2D eigenvalue weighted by Gasteiger charge is -2.27. The van der Waals surface area contributed by atoms with Crippen molar-refractivity contribution in [2.75, 3.05) is 13.1 Å². The van der Waals surface area contributed by atoms with Crippen molar-refractivity contribution in [3.05, 3.63) is 23.0 Å². The molecule has 1 unspecified atom stereocenters. The molecular formula is C16H23ClN2O3. The van der Waals surface area contributed by atoms with Gasteiger partial charge in [-0.3, -0.25) is 0 Å². The summed E-state index contributed by atoms with van der Waals surface area (Å²) in [5.41, 5.74) is 0.269. The van der Waals surface area contributed by atoms with Gasteiger partial charge in [0.25, 0.3) is 0 Å². The molecule has 122 valence electrons. The minimum atomic E-state index is -0.642. The van der Waals surface area contributed by atoms with E-state index in [-0.39, 0.29) is 11.9 Å². The molecular weight excluding hydrogens is 304 g/mol. The summed E-state index contributed by atoms with van der Waals surface area (Å²) in [6, 6.07) is 1.79. The molecule has 22 heavy (non-hydrogen) atoms. The van der Waals surface area contributed by atoms with Gasteiger partial charge < -0.3 is 14.8 Å². The third-order valence-corrected chi connectivity index (χ3v) is 3.81. The van der Waals surface area contributed by atoms with Gasteiger partial charge in [-0.15, -0.1) is 0 Å². The van der Waals surface area contributed by atoms with Crippen LogP contribution < -0.4 is 10.1 Å². The second kappa shape index (κ2) is 6.84. The van der Waals surface area contributed by atoms with Gasteiger partial charge in [-0.05, 0) is 52.3 Å². The summed E-state index contributed by atoms with van der Waals surface area (Å²) >= 11 is 5.93. The van der Waals surface area contributed by atoms with Crippen LogP contribution in [0.3, 0.4) is 0 Å². The first-order valence-corrected chi connectivity index (χ1v) is 7.86. The molecule has 2 atom stereocenters. The second-order valence-corrected chi connectivity index (χ2v) is 6.96. The Morgan fingerprint density at radius 1 is 1.50 bits per heavy atom. The van der Waals surface area contributed by atoms with Crippen LogP contribution in [-0.2, 0) is 9.53 Å². The average Bonchev–Trinajstić information content (AvgIpc) is 2.91. The number of rotatable bonds is 4. The van der Waals surface area contributed by atoms with E-state index in [1.807, 2.05) is 27.7 Å². The van der Waals surface area contributed by atoms with Crippen molar-refractivity contribution < 1.29 is 14.3 Å². The Kier molecular flexibility index (Phi) is 5.29. The van der Waals surface area contributed by atoms with Gasteiger partial charge in [-0.25, -0.2) is 9.78 Å². The maximum absolute atomic E-state index is 12.5. The molecule has 1 aromatic rings. The number of ether oxygens (including phenoxy) is 2. The first-order chi connectivity index (χ1) is 10.3. The van der Waals surface area contributed by atoms with Gasteiger partial charge in [0, 0.05) is 12.5 Å². The largest absolute Gasteiger partial charge is 0.477 e. The number of halogens is 1. The van der Waals surface area contributed by atoms with Gasteiger partial charge in [0.15, 0.2) is 6.10 Å². The zero-order valence-electron chi connectivity index (χ0n) is 13.5. The highest BCUT2D eigenvalue weighted by atomic mass is 35.5. The molecule has 1 aromatic heterocycles. The van der Waals surface area contributed by atoms with Crippen LogP contribution in [0.25, 0.3) is 0 Å². The number of carbonyl (C=O) groups excluding carboxylic acids is 1. The molecule has 5 nitrogen and oxygen atoms in total. The summed E-state index contributed by atoms with van der Waals surface area (Å²) in [5.74, 6) is 0.282. The van der Waals surface area contributed by atoms with E-state index in [2.05, 4.69) is 10.3 Å². The lowest BCUT2D eigenvalue weighted by Crippen LogP contribution is -2.41. The fourth-order valence-electron chi connectivity index (χ4n) is 2.38. The number of aromatic nitrogens is 1. The van der Waals surface area contributed by atoms with Gasteiger partial charge in [-0.2, -0.15) is 0 Å². The van der Waals surface area contributed by atoms with Crippen molar-refractivity contribution in [2.24, 2.45) is 5.92 Å². The molecule has 0 aromatic carbocycles. The molecule has 0 bridgehead atoms. The van der Waals surface area contributed by atoms with E-state index in [0.29, 0.717) is 10.9 Å². The fourth-order valence-corrected chi connectivity index (χ4v) is 2.48. The molecule has 2 heterocycles. The Morgan fingerprint density at radius 3 is 2.77 bits per heavy atom. The monoisotopic (exact) mass is 326 g/mol. The maximum atomic E-state index is 12.5. The Balaban J connectivity index is 2.16. The molecule has 1 saturated heterocycles. The normalized spacial score (nSPS) is 19.8. The number of pyridine rings is 1. The molecule has 1 fully saturated rings. The van der Waals surface area contributed by atoms with Crippen molar-refractivity contribution >= 4 is 17.6 Å². The number of nitrogens with zero attached hydrogens (tertiary/aromatic N) is 1. The molecule has 1 N–H and O–H groups in total. The second-order valence-electron chi connectivity index (χ2n) is 6.60. The van der Waals surface area contributed by atoms with E-state index < -0.39 is 11.7 Å². The minimum Gasteiger partial charge on any atom is -0.477 e. The molecule has 1 aliphatic rings. The highest BCUT2D eigenvalue weighted by molar-refractivity contribution is 6.30. The Labute approximate surface area is 136 Å². The third kappa shape index (κ3) is 4.58. The van der Waals surface area contributed by atoms with Crippen LogP contribution in [0.5, 0.6) is 5.75 Å². The number of aryl methyl sites for hydroxylation is 1. The van der Waals surface area contributed by atoms with E-state index in [9.17, 15) is 4.79 Å². The number of nitrogens with one attached hydrogen (secondary N) is 1. The molecule has 0 radical (unpaired) electrons. The lowest BCUT2D eigenvalue weighted by molar-refractivity contribution is -0.165. The molecule has 2 rings (SSSR count). The first kappa shape index (κ1) is 17.0. The maximum Gasteiger partial charge on any atom is 0.348 e. The number of hydrogen-bond donors (Lipinski definition) is 1. The van der Waals surface area contributed by atoms with Crippen LogP contribution in [0.4, 0.5) is 0 Å². The summed E-state index contributed by atoms with van der Waals surface area (Å²) in [7, 11) is 0. The highest BCUT2D eigenvalue weighted by Gasteiger charge is 2.36. The molecule has 0 spiro atoms. The van der Waals surface area contributed by atoms with Crippen molar-refractivity contribution in [2.45, 2.75) is 45.8 Å². The van der Waals surface area contributed by atoms with Crippen LogP contribution in [0.1, 0.15) is 32.8 Å². The predicted molar refractivity (Wildman–Crippen MR) is 85.2 cm³/mol. The van der Waals surface area contributed by atoms with E-state index in [4.69, 9.17) is 21.1 Å².